The fraction of sp³-hybridized carbons (Fsp3) is 0.667. The van der Waals surface area contributed by atoms with Crippen LogP contribution in [0.25, 0.3) is 0 Å². The van der Waals surface area contributed by atoms with Crippen LogP contribution in [0.5, 0.6) is 0 Å². The molecule has 1 rings (SSSR count). The van der Waals surface area contributed by atoms with Gasteiger partial charge in [-0.3, -0.25) is 4.68 Å². The van der Waals surface area contributed by atoms with Gasteiger partial charge >= 0.3 is 0 Å². The van der Waals surface area contributed by atoms with Gasteiger partial charge < -0.3 is 5.32 Å². The highest BCUT2D eigenvalue weighted by molar-refractivity contribution is 9.10. The Labute approximate surface area is 87.6 Å². The molecule has 1 aromatic heterocycles. The standard InChI is InChI=1S/C9H16BrN3/c1-3-4-11-5-8(2)13-7-9(10)6-12-13/h6-8,11H,3-5H2,1-2H3. The molecule has 0 fully saturated rings. The summed E-state index contributed by atoms with van der Waals surface area (Å²) in [7, 11) is 0. The smallest absolute Gasteiger partial charge is 0.0632 e. The summed E-state index contributed by atoms with van der Waals surface area (Å²) in [6.07, 6.45) is 4.99. The first-order valence-electron chi connectivity index (χ1n) is 4.64. The Balaban J connectivity index is 2.35. The molecular formula is C9H16BrN3. The van der Waals surface area contributed by atoms with E-state index in [1.165, 1.54) is 6.42 Å². The molecule has 0 saturated carbocycles. The molecule has 1 atom stereocenters. The lowest BCUT2D eigenvalue weighted by atomic mass is 10.3. The summed E-state index contributed by atoms with van der Waals surface area (Å²) in [6.45, 7) is 6.37. The maximum Gasteiger partial charge on any atom is 0.0632 e. The summed E-state index contributed by atoms with van der Waals surface area (Å²) in [6, 6.07) is 0.415. The van der Waals surface area contributed by atoms with E-state index in [0.29, 0.717) is 6.04 Å². The van der Waals surface area contributed by atoms with Crippen molar-refractivity contribution in [3.63, 3.8) is 0 Å². The SMILES string of the molecule is CCCNCC(C)n1cc(Br)cn1. The highest BCUT2D eigenvalue weighted by Crippen LogP contribution is 2.10. The first-order chi connectivity index (χ1) is 6.24. The van der Waals surface area contributed by atoms with Crippen LogP contribution < -0.4 is 5.32 Å². The predicted molar refractivity (Wildman–Crippen MR) is 57.8 cm³/mol. The number of rotatable bonds is 5. The van der Waals surface area contributed by atoms with Crippen molar-refractivity contribution in [1.29, 1.82) is 0 Å². The van der Waals surface area contributed by atoms with Gasteiger partial charge in [0.1, 0.15) is 0 Å². The van der Waals surface area contributed by atoms with Gasteiger partial charge in [-0.2, -0.15) is 5.10 Å². The van der Waals surface area contributed by atoms with E-state index in [-0.39, 0.29) is 0 Å². The molecule has 74 valence electrons. The Morgan fingerprint density at radius 1 is 1.69 bits per heavy atom. The molecule has 0 radical (unpaired) electrons. The highest BCUT2D eigenvalue weighted by atomic mass is 79.9. The number of hydrogen-bond donors (Lipinski definition) is 1. The fourth-order valence-corrected chi connectivity index (χ4v) is 1.44. The molecule has 3 nitrogen and oxygen atoms in total. The minimum absolute atomic E-state index is 0.415. The van der Waals surface area contributed by atoms with Crippen molar-refractivity contribution >= 4 is 15.9 Å². The molecule has 1 aromatic rings. The number of hydrogen-bond acceptors (Lipinski definition) is 2. The zero-order valence-corrected chi connectivity index (χ0v) is 9.71. The molecule has 0 aromatic carbocycles. The largest absolute Gasteiger partial charge is 0.315 e. The third kappa shape index (κ3) is 3.48. The van der Waals surface area contributed by atoms with E-state index < -0.39 is 0 Å². The van der Waals surface area contributed by atoms with Gasteiger partial charge in [-0.1, -0.05) is 6.92 Å². The summed E-state index contributed by atoms with van der Waals surface area (Å²) >= 11 is 3.38. The van der Waals surface area contributed by atoms with Gasteiger partial charge in [-0.25, -0.2) is 0 Å². The molecule has 0 amide bonds. The van der Waals surface area contributed by atoms with Crippen LogP contribution >= 0.6 is 15.9 Å². The Hall–Kier alpha value is -0.350. The summed E-state index contributed by atoms with van der Waals surface area (Å²) in [5, 5.41) is 7.59. The van der Waals surface area contributed by atoms with Gasteiger partial charge in [0.25, 0.3) is 0 Å². The first kappa shape index (κ1) is 10.7. The number of halogens is 1. The van der Waals surface area contributed by atoms with Crippen LogP contribution in [0.1, 0.15) is 26.3 Å². The van der Waals surface area contributed by atoms with Gasteiger partial charge in [0.15, 0.2) is 0 Å². The maximum atomic E-state index is 4.22. The summed E-state index contributed by atoms with van der Waals surface area (Å²) < 4.78 is 3.00. The zero-order valence-electron chi connectivity index (χ0n) is 8.13. The number of nitrogens with zero attached hydrogens (tertiary/aromatic N) is 2. The Morgan fingerprint density at radius 3 is 3.00 bits per heavy atom. The van der Waals surface area contributed by atoms with Crippen LogP contribution in [-0.4, -0.2) is 22.9 Å². The topological polar surface area (TPSA) is 29.9 Å². The molecular weight excluding hydrogens is 230 g/mol. The summed E-state index contributed by atoms with van der Waals surface area (Å²) in [5.74, 6) is 0. The Kier molecular flexibility index (Phi) is 4.45. The molecule has 0 aliphatic heterocycles. The normalized spacial score (nSPS) is 13.2. The second-order valence-electron chi connectivity index (χ2n) is 3.19. The monoisotopic (exact) mass is 245 g/mol. The van der Waals surface area contributed by atoms with Gasteiger partial charge in [-0.15, -0.1) is 0 Å². The van der Waals surface area contributed by atoms with Gasteiger partial charge in [0, 0.05) is 12.7 Å². The second-order valence-corrected chi connectivity index (χ2v) is 4.11. The summed E-state index contributed by atoms with van der Waals surface area (Å²) in [5.41, 5.74) is 0. The minimum atomic E-state index is 0.415. The Morgan fingerprint density at radius 2 is 2.46 bits per heavy atom. The molecule has 0 bridgehead atoms. The van der Waals surface area contributed by atoms with E-state index in [2.05, 4.69) is 40.2 Å². The molecule has 0 saturated heterocycles. The predicted octanol–water partition coefficient (Wildman–Crippen LogP) is 2.21. The maximum absolute atomic E-state index is 4.22. The molecule has 0 aliphatic carbocycles. The zero-order chi connectivity index (χ0) is 9.68. The second kappa shape index (κ2) is 5.40. The van der Waals surface area contributed by atoms with Gasteiger partial charge in [0.2, 0.25) is 0 Å². The summed E-state index contributed by atoms with van der Waals surface area (Å²) in [4.78, 5) is 0. The number of aromatic nitrogens is 2. The van der Waals surface area contributed by atoms with E-state index >= 15 is 0 Å². The van der Waals surface area contributed by atoms with Crippen molar-refractivity contribution in [2.45, 2.75) is 26.3 Å². The van der Waals surface area contributed by atoms with Crippen molar-refractivity contribution in [3.05, 3.63) is 16.9 Å². The van der Waals surface area contributed by atoms with Crippen molar-refractivity contribution < 1.29 is 0 Å². The van der Waals surface area contributed by atoms with Crippen molar-refractivity contribution in [2.24, 2.45) is 0 Å². The molecule has 1 N–H and O–H groups in total. The van der Waals surface area contributed by atoms with E-state index in [4.69, 9.17) is 0 Å². The Bertz CT molecular complexity index is 247. The molecule has 13 heavy (non-hydrogen) atoms. The van der Waals surface area contributed by atoms with Crippen LogP contribution in [0.15, 0.2) is 16.9 Å². The van der Waals surface area contributed by atoms with Crippen LogP contribution in [0.4, 0.5) is 0 Å². The molecule has 0 aliphatic rings. The molecule has 1 heterocycles. The first-order valence-corrected chi connectivity index (χ1v) is 5.43. The van der Waals surface area contributed by atoms with Crippen LogP contribution in [-0.2, 0) is 0 Å². The average molecular weight is 246 g/mol. The fourth-order valence-electron chi connectivity index (χ4n) is 1.14. The van der Waals surface area contributed by atoms with E-state index in [1.54, 1.807) is 0 Å². The third-order valence-corrected chi connectivity index (χ3v) is 2.30. The van der Waals surface area contributed by atoms with Gasteiger partial charge in [-0.05, 0) is 35.8 Å². The number of nitrogens with one attached hydrogen (secondary N) is 1. The van der Waals surface area contributed by atoms with Crippen LogP contribution in [0.2, 0.25) is 0 Å². The van der Waals surface area contributed by atoms with Crippen molar-refractivity contribution in [1.82, 2.24) is 15.1 Å². The molecule has 4 heteroatoms. The lowest BCUT2D eigenvalue weighted by molar-refractivity contribution is 0.454. The van der Waals surface area contributed by atoms with Gasteiger partial charge in [0.05, 0.1) is 16.7 Å². The van der Waals surface area contributed by atoms with Crippen molar-refractivity contribution in [3.8, 4) is 0 Å². The quantitative estimate of drug-likeness (QED) is 0.807. The lowest BCUT2D eigenvalue weighted by Crippen LogP contribution is -2.24. The van der Waals surface area contributed by atoms with E-state index in [0.717, 1.165) is 17.6 Å². The average Bonchev–Trinajstić information content (AvgIpc) is 2.52. The molecule has 1 unspecified atom stereocenters. The molecule has 0 spiro atoms. The van der Waals surface area contributed by atoms with E-state index in [9.17, 15) is 0 Å². The minimum Gasteiger partial charge on any atom is -0.315 e. The lowest BCUT2D eigenvalue weighted by Gasteiger charge is -2.12. The van der Waals surface area contributed by atoms with Crippen LogP contribution in [0, 0.1) is 0 Å². The van der Waals surface area contributed by atoms with Crippen molar-refractivity contribution in [2.75, 3.05) is 13.1 Å². The third-order valence-electron chi connectivity index (χ3n) is 1.89. The van der Waals surface area contributed by atoms with E-state index in [1.807, 2.05) is 17.1 Å². The highest BCUT2D eigenvalue weighted by Gasteiger charge is 2.04. The van der Waals surface area contributed by atoms with Crippen LogP contribution in [0.3, 0.4) is 0 Å².